The Hall–Kier alpha value is -2.63. The highest BCUT2D eigenvalue weighted by atomic mass is 16.7. The average Bonchev–Trinajstić information content (AvgIpc) is 3.45. The summed E-state index contributed by atoms with van der Waals surface area (Å²) in [6, 6.07) is -0.812. The molecule has 0 spiro atoms. The minimum absolute atomic E-state index is 0.179. The SMILES string of the molecule is CC/C=C\C/C=C\C/C=C\C/C=C\C/C=C\C/C=C\CCCCCCCCCCCCCCC(=O)NC(COC1OC(CO)C(O)C(O)C1O)C(O)/C=C/CCCCCCCCCCCCCCCCCCCCCCCC. The quantitative estimate of drug-likeness (QED) is 0.0261. The molecule has 0 radical (unpaired) electrons. The van der Waals surface area contributed by atoms with Gasteiger partial charge in [0, 0.05) is 6.42 Å². The summed E-state index contributed by atoms with van der Waals surface area (Å²) in [6.45, 7) is 3.69. The van der Waals surface area contributed by atoms with Crippen molar-refractivity contribution in [2.45, 2.75) is 333 Å². The topological polar surface area (TPSA) is 149 Å². The molecular formula is C69H123NO8. The summed E-state index contributed by atoms with van der Waals surface area (Å²) >= 11 is 0. The van der Waals surface area contributed by atoms with Crippen molar-refractivity contribution in [2.75, 3.05) is 13.2 Å². The summed E-state index contributed by atoms with van der Waals surface area (Å²) in [4.78, 5) is 13.1. The Bertz CT molecular complexity index is 1500. The number of carbonyl (C=O) groups excluding carboxylic acids is 1. The molecule has 1 aliphatic heterocycles. The molecule has 0 aromatic carbocycles. The first-order chi connectivity index (χ1) is 38.3. The molecule has 1 amide bonds. The van der Waals surface area contributed by atoms with Crippen LogP contribution in [0.15, 0.2) is 85.1 Å². The Morgan fingerprint density at radius 1 is 0.449 bits per heavy atom. The maximum Gasteiger partial charge on any atom is 0.220 e. The van der Waals surface area contributed by atoms with Gasteiger partial charge in [0.25, 0.3) is 0 Å². The molecule has 9 heteroatoms. The molecule has 1 heterocycles. The first-order valence-corrected chi connectivity index (χ1v) is 32.8. The summed E-state index contributed by atoms with van der Waals surface area (Å²) in [7, 11) is 0. The van der Waals surface area contributed by atoms with E-state index >= 15 is 0 Å². The first kappa shape index (κ1) is 73.4. The standard InChI is InChI=1S/C69H123NO8/c1-3-5-7-9-11-13-15-17-19-21-23-25-27-29-30-31-32-33-34-35-37-39-41-43-45-47-49-51-53-55-57-59-65(73)70-62(61-77-69-68(76)67(75)66(74)64(60-71)78-69)63(72)58-56-54-52-50-48-46-44-42-40-38-36-28-26-24-22-20-18-16-14-12-10-8-6-4-2/h5,7,11,13,17,19,23,25,29-30,32-33,56,58,62-64,66-69,71-72,74-76H,3-4,6,8-10,12,14-16,18,20-22,24,26-28,31,34-55,57,59-61H2,1-2H3,(H,70,73)/b7-5-,13-11-,19-17-,25-23-,30-29-,33-32-,58-56+. The zero-order chi connectivity index (χ0) is 56.5. The summed E-state index contributed by atoms with van der Waals surface area (Å²) in [5.41, 5.74) is 0. The van der Waals surface area contributed by atoms with Crippen molar-refractivity contribution in [3.63, 3.8) is 0 Å². The van der Waals surface area contributed by atoms with Crippen molar-refractivity contribution in [2.24, 2.45) is 0 Å². The van der Waals surface area contributed by atoms with Crippen LogP contribution >= 0.6 is 0 Å². The third kappa shape index (κ3) is 46.0. The van der Waals surface area contributed by atoms with Crippen molar-refractivity contribution in [3.05, 3.63) is 85.1 Å². The van der Waals surface area contributed by atoms with E-state index in [9.17, 15) is 30.3 Å². The normalized spacial score (nSPS) is 19.2. The molecule has 78 heavy (non-hydrogen) atoms. The van der Waals surface area contributed by atoms with Crippen LogP contribution in [-0.4, -0.2) is 87.5 Å². The van der Waals surface area contributed by atoms with Crippen LogP contribution in [0.3, 0.4) is 0 Å². The number of unbranched alkanes of at least 4 members (excludes halogenated alkanes) is 34. The molecule has 1 aliphatic rings. The molecule has 0 aromatic rings. The van der Waals surface area contributed by atoms with Crippen molar-refractivity contribution in [1.29, 1.82) is 0 Å². The zero-order valence-electron chi connectivity index (χ0n) is 50.4. The molecule has 1 fully saturated rings. The molecule has 0 bridgehead atoms. The first-order valence-electron chi connectivity index (χ1n) is 32.8. The molecule has 7 atom stereocenters. The number of aliphatic hydroxyl groups excluding tert-OH is 5. The number of rotatable bonds is 56. The molecule has 6 N–H and O–H groups in total. The van der Waals surface area contributed by atoms with Crippen LogP contribution in [0.25, 0.3) is 0 Å². The second kappa shape index (κ2) is 57.6. The number of ether oxygens (including phenoxy) is 2. The highest BCUT2D eigenvalue weighted by molar-refractivity contribution is 5.76. The molecule has 1 saturated heterocycles. The molecular weight excluding hydrogens is 971 g/mol. The fourth-order valence-electron chi connectivity index (χ4n) is 10.1. The number of allylic oxidation sites excluding steroid dienone is 13. The maximum absolute atomic E-state index is 13.1. The average molecular weight is 1090 g/mol. The van der Waals surface area contributed by atoms with E-state index in [1.807, 2.05) is 6.08 Å². The van der Waals surface area contributed by atoms with Gasteiger partial charge in [0.2, 0.25) is 5.91 Å². The third-order valence-corrected chi connectivity index (χ3v) is 15.2. The van der Waals surface area contributed by atoms with Gasteiger partial charge in [-0.1, -0.05) is 298 Å². The van der Waals surface area contributed by atoms with Gasteiger partial charge in [0.15, 0.2) is 6.29 Å². The Morgan fingerprint density at radius 2 is 0.795 bits per heavy atom. The van der Waals surface area contributed by atoms with Gasteiger partial charge in [-0.15, -0.1) is 0 Å². The lowest BCUT2D eigenvalue weighted by Crippen LogP contribution is -2.60. The van der Waals surface area contributed by atoms with Gasteiger partial charge in [-0.2, -0.15) is 0 Å². The van der Waals surface area contributed by atoms with Gasteiger partial charge < -0.3 is 40.3 Å². The summed E-state index contributed by atoms with van der Waals surface area (Å²) < 4.78 is 11.3. The smallest absolute Gasteiger partial charge is 0.220 e. The van der Waals surface area contributed by atoms with E-state index in [4.69, 9.17) is 9.47 Å². The molecule has 7 unspecified atom stereocenters. The minimum atomic E-state index is -1.57. The van der Waals surface area contributed by atoms with Gasteiger partial charge in [0.1, 0.15) is 24.4 Å². The Kier molecular flexibility index (Phi) is 54.2. The van der Waals surface area contributed by atoms with Crippen LogP contribution in [0.2, 0.25) is 0 Å². The Balaban J connectivity index is 2.18. The molecule has 0 aromatic heterocycles. The van der Waals surface area contributed by atoms with E-state index in [2.05, 4.69) is 92.1 Å². The van der Waals surface area contributed by atoms with Gasteiger partial charge in [-0.05, 0) is 70.6 Å². The number of aliphatic hydroxyl groups is 5. The fourth-order valence-corrected chi connectivity index (χ4v) is 10.1. The Morgan fingerprint density at radius 3 is 1.18 bits per heavy atom. The number of carbonyl (C=O) groups is 1. The van der Waals surface area contributed by atoms with E-state index in [1.54, 1.807) is 6.08 Å². The number of amides is 1. The van der Waals surface area contributed by atoms with Crippen LogP contribution in [0, 0.1) is 0 Å². The molecule has 0 aliphatic carbocycles. The summed E-state index contributed by atoms with van der Waals surface area (Å²) in [5, 5.41) is 54.7. The number of nitrogens with one attached hydrogen (secondary N) is 1. The van der Waals surface area contributed by atoms with Gasteiger partial charge >= 0.3 is 0 Å². The van der Waals surface area contributed by atoms with Gasteiger partial charge in [0.05, 0.1) is 25.4 Å². The second-order valence-electron chi connectivity index (χ2n) is 22.5. The highest BCUT2D eigenvalue weighted by Gasteiger charge is 2.44. The largest absolute Gasteiger partial charge is 0.394 e. The molecule has 9 nitrogen and oxygen atoms in total. The lowest BCUT2D eigenvalue weighted by Gasteiger charge is -2.40. The predicted octanol–water partition coefficient (Wildman–Crippen LogP) is 17.4. The molecule has 452 valence electrons. The Labute approximate surface area is 480 Å². The van der Waals surface area contributed by atoms with Crippen LogP contribution in [0.5, 0.6) is 0 Å². The molecule has 1 rings (SSSR count). The van der Waals surface area contributed by atoms with Gasteiger partial charge in [-0.3, -0.25) is 4.79 Å². The number of hydrogen-bond donors (Lipinski definition) is 6. The predicted molar refractivity (Wildman–Crippen MR) is 332 cm³/mol. The van der Waals surface area contributed by atoms with E-state index in [0.717, 1.165) is 77.0 Å². The summed E-state index contributed by atoms with van der Waals surface area (Å²) in [5.74, 6) is -0.179. The van der Waals surface area contributed by atoms with Crippen molar-refractivity contribution >= 4 is 5.91 Å². The van der Waals surface area contributed by atoms with E-state index < -0.39 is 49.5 Å². The monoisotopic (exact) mass is 1090 g/mol. The highest BCUT2D eigenvalue weighted by Crippen LogP contribution is 2.23. The second-order valence-corrected chi connectivity index (χ2v) is 22.5. The van der Waals surface area contributed by atoms with Crippen molar-refractivity contribution in [3.8, 4) is 0 Å². The van der Waals surface area contributed by atoms with E-state index in [0.29, 0.717) is 6.42 Å². The maximum atomic E-state index is 13.1. The van der Waals surface area contributed by atoms with Crippen LogP contribution in [0.4, 0.5) is 0 Å². The summed E-state index contributed by atoms with van der Waals surface area (Å²) in [6.07, 6.45) is 75.2. The van der Waals surface area contributed by atoms with E-state index in [-0.39, 0.29) is 12.5 Å². The van der Waals surface area contributed by atoms with Crippen LogP contribution in [-0.2, 0) is 14.3 Å². The molecule has 0 saturated carbocycles. The van der Waals surface area contributed by atoms with Crippen molar-refractivity contribution in [1.82, 2.24) is 5.32 Å². The van der Waals surface area contributed by atoms with Gasteiger partial charge in [-0.25, -0.2) is 0 Å². The zero-order valence-corrected chi connectivity index (χ0v) is 50.4. The minimum Gasteiger partial charge on any atom is -0.394 e. The van der Waals surface area contributed by atoms with Crippen LogP contribution < -0.4 is 5.32 Å². The lowest BCUT2D eigenvalue weighted by atomic mass is 9.99. The lowest BCUT2D eigenvalue weighted by molar-refractivity contribution is -0.302. The number of hydrogen-bond acceptors (Lipinski definition) is 8. The van der Waals surface area contributed by atoms with E-state index in [1.165, 1.54) is 193 Å². The van der Waals surface area contributed by atoms with Crippen molar-refractivity contribution < 1.29 is 39.8 Å². The fraction of sp³-hybridized carbons (Fsp3) is 0.783. The van der Waals surface area contributed by atoms with Crippen LogP contribution in [0.1, 0.15) is 290 Å². The third-order valence-electron chi connectivity index (χ3n) is 15.2.